The van der Waals surface area contributed by atoms with E-state index in [0.717, 1.165) is 24.2 Å². The number of benzene rings is 2. The van der Waals surface area contributed by atoms with Crippen molar-refractivity contribution >= 4 is 79.1 Å². The van der Waals surface area contributed by atoms with Crippen molar-refractivity contribution in [2.45, 2.75) is 79.6 Å². The number of aryl methyl sites for hydroxylation is 4. The number of nitro groups is 2. The van der Waals surface area contributed by atoms with Crippen molar-refractivity contribution in [2.24, 2.45) is 5.73 Å². The number of hydrogen-bond donors (Lipinski definition) is 1. The van der Waals surface area contributed by atoms with Gasteiger partial charge >= 0.3 is 0 Å². The Morgan fingerprint density at radius 2 is 0.944 bits per heavy atom. The van der Waals surface area contributed by atoms with E-state index in [1.54, 1.807) is 24.3 Å². The van der Waals surface area contributed by atoms with E-state index >= 15 is 0 Å². The standard InChI is InChI=1S/2C8H9NO2.C2H4I2.C2H5I.C2H6.CH5N.3CH4/c2*1-6-3-4-8(9(10)11)5-7(6)2;1-2(3)4;1-2-3;2*1-2;;;/h2*3-5H,1-2H3;2H,1H3;2H2,1H3;1-2H3;2H2,1H3;3*1H4. The molecule has 0 amide bonds. The molecule has 0 unspecified atom stereocenters. The number of halogens is 3. The molecule has 0 saturated heterocycles. The second kappa shape index (κ2) is 34.4. The number of nitrogens with zero attached hydrogens (tertiary/aromatic N) is 2. The Labute approximate surface area is 262 Å². The predicted octanol–water partition coefficient (Wildman–Crippen LogP) is 10.6. The van der Waals surface area contributed by atoms with E-state index < -0.39 is 0 Å². The summed E-state index contributed by atoms with van der Waals surface area (Å²) < 4.78 is 1.99. The first-order valence-corrected chi connectivity index (χ1v) is 14.2. The summed E-state index contributed by atoms with van der Waals surface area (Å²) in [5.74, 6) is 0. The van der Waals surface area contributed by atoms with Crippen LogP contribution in [0.4, 0.5) is 11.4 Å². The molecule has 0 aliphatic carbocycles. The van der Waals surface area contributed by atoms with Gasteiger partial charge in [-0.15, -0.1) is 0 Å². The summed E-state index contributed by atoms with van der Waals surface area (Å²) in [6, 6.07) is 9.70. The van der Waals surface area contributed by atoms with Crippen LogP contribution in [0.25, 0.3) is 0 Å². The molecule has 0 bridgehead atoms. The lowest BCUT2D eigenvalue weighted by molar-refractivity contribution is -0.385. The highest BCUT2D eigenvalue weighted by atomic mass is 127. The van der Waals surface area contributed by atoms with E-state index in [1.165, 1.54) is 23.6 Å². The monoisotopic (exact) mass is 849 g/mol. The second-order valence-electron chi connectivity index (χ2n) is 5.84. The topological polar surface area (TPSA) is 112 Å². The van der Waals surface area contributed by atoms with E-state index in [1.807, 2.05) is 41.5 Å². The molecule has 0 atom stereocenters. The summed E-state index contributed by atoms with van der Waals surface area (Å²) in [5, 5.41) is 20.5. The van der Waals surface area contributed by atoms with Crippen LogP contribution in [-0.2, 0) is 0 Å². The lowest BCUT2D eigenvalue weighted by atomic mass is 10.1. The molecule has 0 aliphatic heterocycles. The van der Waals surface area contributed by atoms with Crippen LogP contribution in [-0.4, -0.2) is 23.3 Å². The predicted molar refractivity (Wildman–Crippen MR) is 189 cm³/mol. The molecular weight excluding hydrogens is 799 g/mol. The van der Waals surface area contributed by atoms with Crippen LogP contribution in [0, 0.1) is 47.9 Å². The maximum Gasteiger partial charge on any atom is 0.269 e. The Balaban J connectivity index is -0.0000000634. The zero-order valence-corrected chi connectivity index (χ0v) is 27.5. The van der Waals surface area contributed by atoms with E-state index in [0.29, 0.717) is 0 Å². The van der Waals surface area contributed by atoms with Gasteiger partial charge in [0.2, 0.25) is 0 Å². The van der Waals surface area contributed by atoms with Crippen molar-refractivity contribution in [2.75, 3.05) is 11.5 Å². The lowest BCUT2D eigenvalue weighted by Crippen LogP contribution is -1.89. The average Bonchev–Trinajstić information content (AvgIpc) is 2.75. The largest absolute Gasteiger partial charge is 0.333 e. The summed E-state index contributed by atoms with van der Waals surface area (Å²) in [6.07, 6.45) is 0. The molecule has 2 aromatic rings. The summed E-state index contributed by atoms with van der Waals surface area (Å²) in [4.78, 5) is 19.8. The normalized spacial score (nSPS) is 7.72. The Kier molecular flexibility index (Phi) is 49.6. The number of rotatable bonds is 2. The Hall–Kier alpha value is -0.610. The molecule has 10 heteroatoms. The van der Waals surface area contributed by atoms with E-state index in [9.17, 15) is 20.2 Å². The fourth-order valence-electron chi connectivity index (χ4n) is 1.68. The van der Waals surface area contributed by atoms with Gasteiger partial charge in [-0.25, -0.2) is 0 Å². The van der Waals surface area contributed by atoms with Crippen LogP contribution in [0.3, 0.4) is 0 Å². The average molecular weight is 849 g/mol. The summed E-state index contributed by atoms with van der Waals surface area (Å²) in [6.45, 7) is 15.8. The molecule has 214 valence electrons. The molecule has 2 aromatic carbocycles. The molecule has 0 fully saturated rings. The van der Waals surface area contributed by atoms with Gasteiger partial charge < -0.3 is 5.73 Å². The molecule has 7 nitrogen and oxygen atoms in total. The maximum atomic E-state index is 10.3. The van der Waals surface area contributed by atoms with Crippen molar-refractivity contribution in [1.82, 2.24) is 0 Å². The third kappa shape index (κ3) is 31.4. The molecule has 0 radical (unpaired) electrons. The third-order valence-corrected chi connectivity index (χ3v) is 3.40. The molecule has 0 spiro atoms. The summed E-state index contributed by atoms with van der Waals surface area (Å²) in [7, 11) is 1.50. The highest BCUT2D eigenvalue weighted by Crippen LogP contribution is 2.16. The third-order valence-electron chi connectivity index (χ3n) is 3.40. The van der Waals surface area contributed by atoms with Gasteiger partial charge in [-0.05, 0) is 68.3 Å². The molecule has 0 aliphatic rings. The van der Waals surface area contributed by atoms with Gasteiger partial charge in [-0.3, -0.25) is 20.2 Å². The van der Waals surface area contributed by atoms with Gasteiger partial charge in [-0.1, -0.05) is 123 Å². The van der Waals surface area contributed by atoms with E-state index in [4.69, 9.17) is 0 Å². The molecule has 0 saturated carbocycles. The second-order valence-corrected chi connectivity index (χ2v) is 13.5. The van der Waals surface area contributed by atoms with Crippen molar-refractivity contribution in [3.8, 4) is 0 Å². The minimum atomic E-state index is -0.382. The maximum absolute atomic E-state index is 10.3. The van der Waals surface area contributed by atoms with Crippen LogP contribution < -0.4 is 5.73 Å². The van der Waals surface area contributed by atoms with Gasteiger partial charge in [0.25, 0.3) is 11.4 Å². The zero-order valence-electron chi connectivity index (χ0n) is 21.0. The number of hydrogen-bond acceptors (Lipinski definition) is 5. The van der Waals surface area contributed by atoms with Gasteiger partial charge in [-0.2, -0.15) is 0 Å². The molecule has 0 heterocycles. The molecule has 36 heavy (non-hydrogen) atoms. The zero-order chi connectivity index (χ0) is 27.1. The lowest BCUT2D eigenvalue weighted by Gasteiger charge is -1.97. The van der Waals surface area contributed by atoms with Crippen molar-refractivity contribution in [3.63, 3.8) is 0 Å². The number of alkyl halides is 3. The summed E-state index contributed by atoms with van der Waals surface area (Å²) in [5.41, 5.74) is 8.89. The minimum Gasteiger partial charge on any atom is -0.333 e. The highest BCUT2D eigenvalue weighted by Gasteiger charge is 2.05. The van der Waals surface area contributed by atoms with Crippen molar-refractivity contribution < 1.29 is 9.85 Å². The van der Waals surface area contributed by atoms with Crippen LogP contribution in [0.2, 0.25) is 0 Å². The van der Waals surface area contributed by atoms with Gasteiger partial charge in [0.05, 0.1) is 11.8 Å². The molecule has 2 rings (SSSR count). The smallest absolute Gasteiger partial charge is 0.269 e. The van der Waals surface area contributed by atoms with Gasteiger partial charge in [0, 0.05) is 24.3 Å². The fraction of sp³-hybridized carbons (Fsp3) is 0.538. The Morgan fingerprint density at radius 1 is 0.750 bits per heavy atom. The number of nitro benzene ring substituents is 2. The fourth-order valence-corrected chi connectivity index (χ4v) is 1.68. The Morgan fingerprint density at radius 3 is 1.08 bits per heavy atom. The van der Waals surface area contributed by atoms with E-state index in [-0.39, 0.29) is 43.5 Å². The SMILES string of the molecule is C.C.C.CC.CC(I)I.CCI.CN.Cc1ccc([N+](=O)[O-])cc1C.Cc1ccc([N+](=O)[O-])cc1C. The van der Waals surface area contributed by atoms with Gasteiger partial charge in [0.15, 0.2) is 0 Å². The van der Waals surface area contributed by atoms with Crippen molar-refractivity contribution in [1.29, 1.82) is 0 Å². The van der Waals surface area contributed by atoms with Crippen molar-refractivity contribution in [3.05, 3.63) is 78.9 Å². The highest BCUT2D eigenvalue weighted by molar-refractivity contribution is 14.2. The van der Waals surface area contributed by atoms with Crippen LogP contribution in [0.15, 0.2) is 36.4 Å². The van der Waals surface area contributed by atoms with Crippen LogP contribution >= 0.6 is 67.8 Å². The Bertz CT molecular complexity index is 727. The minimum absolute atomic E-state index is 0. The molecular formula is C26H50I3N3O4. The molecule has 0 aromatic heterocycles. The first-order chi connectivity index (χ1) is 15.4. The van der Waals surface area contributed by atoms with E-state index in [2.05, 4.69) is 87.4 Å². The number of nitrogens with two attached hydrogens (primary N) is 1. The van der Waals surface area contributed by atoms with Gasteiger partial charge in [0.1, 0.15) is 0 Å². The summed E-state index contributed by atoms with van der Waals surface area (Å²) >= 11 is 6.95. The molecule has 2 N–H and O–H groups in total. The quantitative estimate of drug-likeness (QED) is 0.140. The van der Waals surface area contributed by atoms with Crippen LogP contribution in [0.5, 0.6) is 0 Å². The first kappa shape index (κ1) is 51.9. The first-order valence-electron chi connectivity index (χ1n) is 10.2. The van der Waals surface area contributed by atoms with Crippen LogP contribution in [0.1, 0.15) is 72.2 Å². The number of non-ortho nitro benzene ring substituents is 2.